The maximum atomic E-state index is 13.8. The number of benzene rings is 4. The Labute approximate surface area is 353 Å². The average Bonchev–Trinajstić information content (AvgIpc) is 3.22. The van der Waals surface area contributed by atoms with Crippen LogP contribution in [0.1, 0.15) is 40.7 Å². The molecule has 0 bridgehead atoms. The van der Waals surface area contributed by atoms with Crippen LogP contribution in [0.15, 0.2) is 97.1 Å². The average molecular weight is 857 g/mol. The predicted molar refractivity (Wildman–Crippen MR) is 219 cm³/mol. The lowest BCUT2D eigenvalue weighted by molar-refractivity contribution is -0.143. The SMILES string of the molecule is N[C@@H](Cc1ccc(O)cc1)C(=O)N[C@@H](CC(=O)O)C(=O)Nc1cccc(C(=O)N[C@@H](Cc2ccc(O)cc2)C(=O)Nc2ccccc2OCC(=O)N[C@@H](CCC(=O)O)C(=O)O)c1. The van der Waals surface area contributed by atoms with E-state index in [-0.39, 0.29) is 53.4 Å². The molecule has 0 radical (unpaired) electrons. The summed E-state index contributed by atoms with van der Waals surface area (Å²) in [6.45, 7) is -0.706. The summed E-state index contributed by atoms with van der Waals surface area (Å²) in [5.41, 5.74) is 7.19. The van der Waals surface area contributed by atoms with Crippen LogP contribution >= 0.6 is 0 Å². The fourth-order valence-electron chi connectivity index (χ4n) is 5.75. The predicted octanol–water partition coefficient (Wildman–Crippen LogP) is 1.36. The molecule has 20 heteroatoms. The summed E-state index contributed by atoms with van der Waals surface area (Å²) in [5.74, 6) is -8.32. The van der Waals surface area contributed by atoms with E-state index in [1.165, 1.54) is 78.9 Å². The highest BCUT2D eigenvalue weighted by Crippen LogP contribution is 2.25. The molecule has 0 saturated heterocycles. The van der Waals surface area contributed by atoms with Crippen LogP contribution in [0.25, 0.3) is 0 Å². The Bertz CT molecular complexity index is 2270. The van der Waals surface area contributed by atoms with E-state index >= 15 is 0 Å². The van der Waals surface area contributed by atoms with Gasteiger partial charge in [0.15, 0.2) is 6.61 Å². The number of aromatic hydroxyl groups is 2. The van der Waals surface area contributed by atoms with Gasteiger partial charge in [-0.3, -0.25) is 33.6 Å². The van der Waals surface area contributed by atoms with Gasteiger partial charge in [0.1, 0.15) is 35.4 Å². The summed E-state index contributed by atoms with van der Waals surface area (Å²) in [5, 5.41) is 59.3. The second-order valence-corrected chi connectivity index (χ2v) is 13.8. The number of ether oxygens (including phenoxy) is 1. The number of rotatable bonds is 22. The minimum absolute atomic E-state index is 0.00599. The number of carboxylic acids is 3. The Morgan fingerprint density at radius 3 is 1.84 bits per heavy atom. The lowest BCUT2D eigenvalue weighted by Gasteiger charge is -2.21. The van der Waals surface area contributed by atoms with Crippen LogP contribution in [0.3, 0.4) is 0 Å². The first-order valence-electron chi connectivity index (χ1n) is 18.8. The van der Waals surface area contributed by atoms with E-state index in [2.05, 4.69) is 26.6 Å². The van der Waals surface area contributed by atoms with E-state index in [0.29, 0.717) is 11.1 Å². The van der Waals surface area contributed by atoms with Crippen molar-refractivity contribution in [1.82, 2.24) is 16.0 Å². The van der Waals surface area contributed by atoms with Crippen LogP contribution in [0.5, 0.6) is 17.2 Å². The van der Waals surface area contributed by atoms with Crippen LogP contribution in [0.2, 0.25) is 0 Å². The van der Waals surface area contributed by atoms with Gasteiger partial charge in [0.05, 0.1) is 18.2 Å². The third-order valence-corrected chi connectivity index (χ3v) is 8.91. The van der Waals surface area contributed by atoms with E-state index in [0.717, 1.165) is 0 Å². The van der Waals surface area contributed by atoms with Gasteiger partial charge in [0.2, 0.25) is 17.7 Å². The molecule has 0 aromatic heterocycles. The van der Waals surface area contributed by atoms with Crippen LogP contribution in [0.4, 0.5) is 11.4 Å². The van der Waals surface area contributed by atoms with Crippen molar-refractivity contribution in [2.24, 2.45) is 5.73 Å². The summed E-state index contributed by atoms with van der Waals surface area (Å²) in [4.78, 5) is 100. The maximum absolute atomic E-state index is 13.8. The number of phenols is 2. The number of phenolic OH excluding ortho intramolecular Hbond substituents is 2. The number of aliphatic carboxylic acids is 3. The number of nitrogens with two attached hydrogens (primary N) is 1. The molecule has 0 spiro atoms. The molecule has 4 atom stereocenters. The van der Waals surface area contributed by atoms with Crippen molar-refractivity contribution in [2.75, 3.05) is 17.2 Å². The van der Waals surface area contributed by atoms with Crippen molar-refractivity contribution in [3.63, 3.8) is 0 Å². The molecular formula is C42H44N6O14. The minimum atomic E-state index is -1.58. The molecule has 4 aromatic rings. The number of anilines is 2. The first-order valence-corrected chi connectivity index (χ1v) is 18.8. The van der Waals surface area contributed by atoms with Crippen LogP contribution in [-0.2, 0) is 46.4 Å². The van der Waals surface area contributed by atoms with Gasteiger partial charge in [-0.1, -0.05) is 42.5 Å². The fourth-order valence-corrected chi connectivity index (χ4v) is 5.75. The van der Waals surface area contributed by atoms with Crippen LogP contribution < -0.4 is 37.1 Å². The van der Waals surface area contributed by atoms with E-state index in [9.17, 15) is 58.8 Å². The van der Waals surface area contributed by atoms with E-state index < -0.39 is 91.1 Å². The van der Waals surface area contributed by atoms with Gasteiger partial charge in [-0.25, -0.2) is 4.79 Å². The number of hydrogen-bond donors (Lipinski definition) is 11. The monoisotopic (exact) mass is 856 g/mol. The molecule has 4 rings (SSSR count). The minimum Gasteiger partial charge on any atom is -0.508 e. The van der Waals surface area contributed by atoms with Crippen molar-refractivity contribution in [3.05, 3.63) is 114 Å². The van der Waals surface area contributed by atoms with E-state index in [1.54, 1.807) is 18.2 Å². The van der Waals surface area contributed by atoms with Crippen molar-refractivity contribution in [1.29, 1.82) is 0 Å². The number of carboxylic acid groups (broad SMARTS) is 3. The van der Waals surface area contributed by atoms with Gasteiger partial charge >= 0.3 is 17.9 Å². The molecule has 20 nitrogen and oxygen atoms in total. The van der Waals surface area contributed by atoms with Gasteiger partial charge in [0, 0.05) is 24.1 Å². The molecule has 0 fully saturated rings. The van der Waals surface area contributed by atoms with Crippen LogP contribution in [0, 0.1) is 0 Å². The highest BCUT2D eigenvalue weighted by molar-refractivity contribution is 6.04. The lowest BCUT2D eigenvalue weighted by Crippen LogP contribution is -2.51. The lowest BCUT2D eigenvalue weighted by atomic mass is 10.0. The Balaban J connectivity index is 1.46. The summed E-state index contributed by atoms with van der Waals surface area (Å²) in [6.07, 6.45) is -1.77. The summed E-state index contributed by atoms with van der Waals surface area (Å²) < 4.78 is 5.56. The zero-order valence-corrected chi connectivity index (χ0v) is 32.8. The number of carbonyl (C=O) groups excluding carboxylic acids is 5. The second kappa shape index (κ2) is 22.4. The molecule has 326 valence electrons. The van der Waals surface area contributed by atoms with Gasteiger partial charge in [-0.2, -0.15) is 0 Å². The third-order valence-electron chi connectivity index (χ3n) is 8.91. The fraction of sp³-hybridized carbons (Fsp3) is 0.238. The molecule has 62 heavy (non-hydrogen) atoms. The topological polar surface area (TPSA) is 333 Å². The molecule has 0 heterocycles. The first kappa shape index (κ1) is 46.7. The second-order valence-electron chi connectivity index (χ2n) is 13.8. The molecule has 4 aromatic carbocycles. The number of amides is 5. The maximum Gasteiger partial charge on any atom is 0.326 e. The molecular weight excluding hydrogens is 812 g/mol. The van der Waals surface area contributed by atoms with Crippen LogP contribution in [-0.4, -0.2) is 104 Å². The Hall–Kier alpha value is -8.00. The smallest absolute Gasteiger partial charge is 0.326 e. The summed E-state index contributed by atoms with van der Waals surface area (Å²) >= 11 is 0. The molecule has 0 aliphatic heterocycles. The molecule has 0 saturated carbocycles. The molecule has 5 amide bonds. The number of hydrogen-bond acceptors (Lipinski definition) is 12. The number of nitrogens with one attached hydrogen (secondary N) is 5. The van der Waals surface area contributed by atoms with E-state index in [1.807, 2.05) is 0 Å². The first-order chi connectivity index (χ1) is 29.5. The van der Waals surface area contributed by atoms with Crippen molar-refractivity contribution < 1.29 is 68.6 Å². The van der Waals surface area contributed by atoms with Gasteiger partial charge < -0.3 is 62.6 Å². The summed E-state index contributed by atoms with van der Waals surface area (Å²) in [6, 6.07) is 17.6. The largest absolute Gasteiger partial charge is 0.508 e. The zero-order chi connectivity index (χ0) is 45.3. The molecule has 0 aliphatic rings. The highest BCUT2D eigenvalue weighted by atomic mass is 16.5. The van der Waals surface area contributed by atoms with Crippen molar-refractivity contribution in [2.45, 2.75) is 56.3 Å². The number of para-hydroxylation sites is 2. The normalized spacial score (nSPS) is 12.6. The van der Waals surface area contributed by atoms with E-state index in [4.69, 9.17) is 15.6 Å². The summed E-state index contributed by atoms with van der Waals surface area (Å²) in [7, 11) is 0. The zero-order valence-electron chi connectivity index (χ0n) is 32.8. The molecule has 12 N–H and O–H groups in total. The Kier molecular flexibility index (Phi) is 16.9. The standard InChI is InChI=1S/C42H44N6O14/c43-29(18-23-8-12-27(49)13-9-23)39(57)48-33(21-37(54)55)40(58)44-26-5-3-4-25(20-26)38(56)47-32(19-24-10-14-28(50)15-11-24)41(59)46-30-6-1-2-7-34(30)62-22-35(51)45-31(42(60)61)16-17-36(52)53/h1-15,20,29,31-33,49-50H,16-19,21-22,43H2,(H,44,58)(H,45,51)(H,46,59)(H,47,56)(H,48,57)(H,52,53)(H,54,55)(H,60,61)/t29-,31-,32-,33-/m0/s1. The highest BCUT2D eigenvalue weighted by Gasteiger charge is 2.28. The van der Waals surface area contributed by atoms with Crippen molar-refractivity contribution >= 4 is 58.8 Å². The molecule has 0 aliphatic carbocycles. The van der Waals surface area contributed by atoms with Gasteiger partial charge in [-0.05, 0) is 78.6 Å². The quantitative estimate of drug-likeness (QED) is 0.0532. The number of carbonyl (C=O) groups is 8. The third kappa shape index (κ3) is 15.0. The van der Waals surface area contributed by atoms with Gasteiger partial charge in [0.25, 0.3) is 11.8 Å². The van der Waals surface area contributed by atoms with Crippen molar-refractivity contribution in [3.8, 4) is 17.2 Å². The molecule has 0 unspecified atom stereocenters. The Morgan fingerprint density at radius 1 is 0.613 bits per heavy atom. The van der Waals surface area contributed by atoms with Gasteiger partial charge in [-0.15, -0.1) is 0 Å². The Morgan fingerprint density at radius 2 is 1.23 bits per heavy atom.